The van der Waals surface area contributed by atoms with Crippen molar-refractivity contribution >= 4 is 17.9 Å². The van der Waals surface area contributed by atoms with Crippen LogP contribution in [0.5, 0.6) is 5.75 Å². The first-order chi connectivity index (χ1) is 9.53. The van der Waals surface area contributed by atoms with E-state index < -0.39 is 11.0 Å². The molecule has 0 spiro atoms. The number of nitrogens with zero attached hydrogens (tertiary/aromatic N) is 1. The predicted molar refractivity (Wildman–Crippen MR) is 71.9 cm³/mol. The molecule has 1 atom stereocenters. The summed E-state index contributed by atoms with van der Waals surface area (Å²) in [6, 6.07) is 3.82. The molecule has 0 aliphatic carbocycles. The third kappa shape index (κ3) is 3.78. The molecule has 7 nitrogen and oxygen atoms in total. The number of ether oxygens (including phenoxy) is 1. The fourth-order valence-electron chi connectivity index (χ4n) is 1.70. The van der Waals surface area contributed by atoms with Crippen molar-refractivity contribution in [2.45, 2.75) is 25.9 Å². The maximum Gasteiger partial charge on any atom is 0.280 e. The van der Waals surface area contributed by atoms with E-state index in [1.165, 1.54) is 25.2 Å². The van der Waals surface area contributed by atoms with Gasteiger partial charge in [0.25, 0.3) is 11.6 Å². The van der Waals surface area contributed by atoms with E-state index in [9.17, 15) is 19.7 Å². The zero-order valence-electron chi connectivity index (χ0n) is 11.3. The number of nitrogens with one attached hydrogen (secondary N) is 1. The average Bonchev–Trinajstić information content (AvgIpc) is 2.45. The quantitative estimate of drug-likeness (QED) is 0.465. The number of rotatable bonds is 7. The molecule has 1 aromatic rings. The zero-order valence-corrected chi connectivity index (χ0v) is 11.3. The molecule has 7 heteroatoms. The summed E-state index contributed by atoms with van der Waals surface area (Å²) >= 11 is 0. The lowest BCUT2D eigenvalue weighted by atomic mass is 10.1. The fourth-order valence-corrected chi connectivity index (χ4v) is 1.70. The van der Waals surface area contributed by atoms with Crippen LogP contribution in [0, 0.1) is 10.1 Å². The van der Waals surface area contributed by atoms with Gasteiger partial charge in [-0.3, -0.25) is 19.7 Å². The summed E-state index contributed by atoms with van der Waals surface area (Å²) in [5.41, 5.74) is -0.376. The number of aldehydes is 1. The van der Waals surface area contributed by atoms with Crippen molar-refractivity contribution < 1.29 is 19.2 Å². The van der Waals surface area contributed by atoms with Crippen LogP contribution >= 0.6 is 0 Å². The molecule has 1 rings (SSSR count). The van der Waals surface area contributed by atoms with Gasteiger partial charge in [0, 0.05) is 13.1 Å². The molecule has 0 fully saturated rings. The van der Waals surface area contributed by atoms with E-state index in [2.05, 4.69) is 5.32 Å². The van der Waals surface area contributed by atoms with Gasteiger partial charge in [0.05, 0.1) is 10.5 Å². The maximum absolute atomic E-state index is 11.6. The minimum Gasteiger partial charge on any atom is -0.481 e. The summed E-state index contributed by atoms with van der Waals surface area (Å²) in [5, 5.41) is 13.2. The summed E-state index contributed by atoms with van der Waals surface area (Å²) in [6.07, 6.45) is 0.948. The second kappa shape index (κ2) is 7.22. The zero-order chi connectivity index (χ0) is 15.1. The normalized spacial score (nSPS) is 11.5. The smallest absolute Gasteiger partial charge is 0.280 e. The standard InChI is InChI=1S/C13H16N2O5/c1-3-4-12(13(17)14-2)20-10-5-6-11(15(18)19)9(7-10)8-16/h5-8,12H,3-4H2,1-2H3,(H,14,17). The third-order valence-electron chi connectivity index (χ3n) is 2.69. The minimum atomic E-state index is -0.689. The largest absolute Gasteiger partial charge is 0.481 e. The van der Waals surface area contributed by atoms with Crippen LogP contribution in [0.25, 0.3) is 0 Å². The minimum absolute atomic E-state index is 0.0837. The lowest BCUT2D eigenvalue weighted by molar-refractivity contribution is -0.385. The predicted octanol–water partition coefficient (Wildman–Crippen LogP) is 1.70. The van der Waals surface area contributed by atoms with Crippen LogP contribution in [0.4, 0.5) is 5.69 Å². The van der Waals surface area contributed by atoms with Gasteiger partial charge in [-0.1, -0.05) is 13.3 Å². The number of hydrogen-bond donors (Lipinski definition) is 1. The SMILES string of the molecule is CCCC(Oc1ccc([N+](=O)[O-])c(C=O)c1)C(=O)NC. The number of nitro groups is 1. The van der Waals surface area contributed by atoms with Crippen molar-refractivity contribution in [2.75, 3.05) is 7.05 Å². The van der Waals surface area contributed by atoms with Crippen molar-refractivity contribution in [3.05, 3.63) is 33.9 Å². The molecule has 1 N–H and O–H groups in total. The Morgan fingerprint density at radius 2 is 2.25 bits per heavy atom. The summed E-state index contributed by atoms with van der Waals surface area (Å²) in [4.78, 5) is 32.5. The number of carbonyl (C=O) groups excluding carboxylic acids is 2. The Labute approximate surface area is 116 Å². The van der Waals surface area contributed by atoms with Gasteiger partial charge in [0.1, 0.15) is 5.75 Å². The molecule has 0 saturated carbocycles. The van der Waals surface area contributed by atoms with Gasteiger partial charge in [-0.25, -0.2) is 0 Å². The van der Waals surface area contributed by atoms with Crippen LogP contribution in [0.2, 0.25) is 0 Å². The summed E-state index contributed by atoms with van der Waals surface area (Å²) in [5.74, 6) is -0.0300. The Kier molecular flexibility index (Phi) is 5.64. The van der Waals surface area contributed by atoms with Crippen molar-refractivity contribution in [3.8, 4) is 5.75 Å². The molecule has 0 bridgehead atoms. The molecule has 0 heterocycles. The molecule has 1 amide bonds. The van der Waals surface area contributed by atoms with E-state index in [0.717, 1.165) is 6.42 Å². The molecular formula is C13H16N2O5. The number of hydrogen-bond acceptors (Lipinski definition) is 5. The first-order valence-corrected chi connectivity index (χ1v) is 6.15. The molecule has 0 aliphatic heterocycles. The maximum atomic E-state index is 11.6. The number of amides is 1. The highest BCUT2D eigenvalue weighted by atomic mass is 16.6. The topological polar surface area (TPSA) is 98.5 Å². The number of nitro benzene ring substituents is 1. The monoisotopic (exact) mass is 280 g/mol. The molecule has 1 aromatic carbocycles. The highest BCUT2D eigenvalue weighted by molar-refractivity contribution is 5.83. The van der Waals surface area contributed by atoms with E-state index >= 15 is 0 Å². The summed E-state index contributed by atoms with van der Waals surface area (Å²) in [6.45, 7) is 1.91. The van der Waals surface area contributed by atoms with Gasteiger partial charge in [0.15, 0.2) is 12.4 Å². The Bertz CT molecular complexity index is 515. The van der Waals surface area contributed by atoms with Crippen molar-refractivity contribution in [1.29, 1.82) is 0 Å². The van der Waals surface area contributed by atoms with Crippen LogP contribution in [0.1, 0.15) is 30.1 Å². The molecule has 1 unspecified atom stereocenters. The first kappa shape index (κ1) is 15.6. The van der Waals surface area contributed by atoms with Gasteiger partial charge >= 0.3 is 0 Å². The molecule has 0 aliphatic rings. The second-order valence-corrected chi connectivity index (χ2v) is 4.11. The molecule has 0 aromatic heterocycles. The highest BCUT2D eigenvalue weighted by Crippen LogP contribution is 2.24. The molecule has 20 heavy (non-hydrogen) atoms. The molecular weight excluding hydrogens is 264 g/mol. The van der Waals surface area contributed by atoms with Crippen LogP contribution in [0.15, 0.2) is 18.2 Å². The van der Waals surface area contributed by atoms with E-state index in [-0.39, 0.29) is 22.9 Å². The summed E-state index contributed by atoms with van der Waals surface area (Å²) < 4.78 is 5.49. The summed E-state index contributed by atoms with van der Waals surface area (Å²) in [7, 11) is 1.50. The molecule has 108 valence electrons. The first-order valence-electron chi connectivity index (χ1n) is 6.15. The number of likely N-dealkylation sites (N-methyl/N-ethyl adjacent to an activating group) is 1. The lowest BCUT2D eigenvalue weighted by Crippen LogP contribution is -2.36. The van der Waals surface area contributed by atoms with Gasteiger partial charge in [0.2, 0.25) is 0 Å². The van der Waals surface area contributed by atoms with Gasteiger partial charge in [-0.05, 0) is 18.6 Å². The van der Waals surface area contributed by atoms with E-state index in [1.54, 1.807) is 0 Å². The Morgan fingerprint density at radius 3 is 2.75 bits per heavy atom. The van der Waals surface area contributed by atoms with Crippen LogP contribution in [0.3, 0.4) is 0 Å². The van der Waals surface area contributed by atoms with Crippen LogP contribution in [-0.4, -0.2) is 30.3 Å². The van der Waals surface area contributed by atoms with Crippen molar-refractivity contribution in [1.82, 2.24) is 5.32 Å². The molecule has 0 saturated heterocycles. The second-order valence-electron chi connectivity index (χ2n) is 4.11. The van der Waals surface area contributed by atoms with Crippen LogP contribution < -0.4 is 10.1 Å². The fraction of sp³-hybridized carbons (Fsp3) is 0.385. The van der Waals surface area contributed by atoms with Crippen molar-refractivity contribution in [3.63, 3.8) is 0 Å². The van der Waals surface area contributed by atoms with E-state index in [4.69, 9.17) is 4.74 Å². The highest BCUT2D eigenvalue weighted by Gasteiger charge is 2.20. The Balaban J connectivity index is 2.99. The van der Waals surface area contributed by atoms with Gasteiger partial charge < -0.3 is 10.1 Å². The van der Waals surface area contributed by atoms with E-state index in [1.807, 2.05) is 6.92 Å². The van der Waals surface area contributed by atoms with Gasteiger partial charge in [-0.2, -0.15) is 0 Å². The van der Waals surface area contributed by atoms with Crippen molar-refractivity contribution in [2.24, 2.45) is 0 Å². The molecule has 0 radical (unpaired) electrons. The van der Waals surface area contributed by atoms with Crippen LogP contribution in [-0.2, 0) is 4.79 Å². The third-order valence-corrected chi connectivity index (χ3v) is 2.69. The van der Waals surface area contributed by atoms with E-state index in [0.29, 0.717) is 12.7 Å². The Hall–Kier alpha value is -2.44. The number of benzene rings is 1. The van der Waals surface area contributed by atoms with Gasteiger partial charge in [-0.15, -0.1) is 0 Å². The lowest BCUT2D eigenvalue weighted by Gasteiger charge is -2.17. The number of carbonyl (C=O) groups is 2. The average molecular weight is 280 g/mol. The Morgan fingerprint density at radius 1 is 1.55 bits per heavy atom.